The van der Waals surface area contributed by atoms with E-state index in [9.17, 15) is 14.4 Å². The van der Waals surface area contributed by atoms with E-state index in [0.717, 1.165) is 4.90 Å². The van der Waals surface area contributed by atoms with Gasteiger partial charge in [-0.05, 0) is 12.8 Å². The van der Waals surface area contributed by atoms with Crippen LogP contribution in [0.2, 0.25) is 0 Å². The molecule has 1 heterocycles. The van der Waals surface area contributed by atoms with E-state index in [1.165, 1.54) is 0 Å². The summed E-state index contributed by atoms with van der Waals surface area (Å²) >= 11 is 0. The molecule has 1 fully saturated rings. The molecule has 1 aliphatic rings. The number of ether oxygens (including phenoxy) is 1. The summed E-state index contributed by atoms with van der Waals surface area (Å²) in [5, 5.41) is 9.49. The van der Waals surface area contributed by atoms with E-state index in [2.05, 4.69) is 10.1 Å². The van der Waals surface area contributed by atoms with Gasteiger partial charge in [0.15, 0.2) is 5.96 Å². The largest absolute Gasteiger partial charge is 0.418 e. The maximum Gasteiger partial charge on any atom is 0.418 e. The third kappa shape index (κ3) is 3.61. The molecule has 1 rings (SSSR count). The number of hydrogen-bond donors (Lipinski definition) is 4. The molecule has 0 aromatic rings. The van der Waals surface area contributed by atoms with E-state index in [1.807, 2.05) is 0 Å². The lowest BCUT2D eigenvalue weighted by molar-refractivity contribution is -0.132. The predicted molar refractivity (Wildman–Crippen MR) is 60.3 cm³/mol. The Morgan fingerprint density at radius 2 is 2.17 bits per heavy atom. The van der Waals surface area contributed by atoms with Crippen molar-refractivity contribution in [2.24, 2.45) is 11.5 Å². The minimum absolute atomic E-state index is 0.179. The first-order valence-corrected chi connectivity index (χ1v) is 5.30. The summed E-state index contributed by atoms with van der Waals surface area (Å²) in [4.78, 5) is 34.4. The predicted octanol–water partition coefficient (Wildman–Crippen LogP) is -1.92. The molecule has 1 aliphatic heterocycles. The zero-order chi connectivity index (χ0) is 13.7. The average Bonchev–Trinajstić information content (AvgIpc) is 2.56. The molecule has 0 spiro atoms. The van der Waals surface area contributed by atoms with Crippen LogP contribution in [0.1, 0.15) is 12.8 Å². The van der Waals surface area contributed by atoms with E-state index in [0.29, 0.717) is 13.0 Å². The van der Waals surface area contributed by atoms with Crippen molar-refractivity contribution in [1.82, 2.24) is 10.2 Å². The zero-order valence-corrected chi connectivity index (χ0v) is 9.64. The topological polar surface area (TPSA) is 152 Å². The molecule has 0 aliphatic carbocycles. The van der Waals surface area contributed by atoms with Gasteiger partial charge in [0.25, 0.3) is 0 Å². The number of esters is 1. The van der Waals surface area contributed by atoms with Gasteiger partial charge >= 0.3 is 12.1 Å². The van der Waals surface area contributed by atoms with Crippen molar-refractivity contribution < 1.29 is 19.1 Å². The fraction of sp³-hybridized carbons (Fsp3) is 0.556. The van der Waals surface area contributed by atoms with Crippen molar-refractivity contribution in [3.63, 3.8) is 0 Å². The molecule has 0 aromatic carbocycles. The number of nitrogens with one attached hydrogen (secondary N) is 2. The van der Waals surface area contributed by atoms with Crippen LogP contribution in [0.15, 0.2) is 0 Å². The zero-order valence-electron chi connectivity index (χ0n) is 9.64. The number of nitrogens with zero attached hydrogens (tertiary/aromatic N) is 1. The Morgan fingerprint density at radius 3 is 2.61 bits per heavy atom. The van der Waals surface area contributed by atoms with Crippen LogP contribution in [0.25, 0.3) is 0 Å². The number of carbonyl (C=O) groups is 3. The van der Waals surface area contributed by atoms with Crippen molar-refractivity contribution in [3.8, 4) is 0 Å². The number of hydrogen-bond acceptors (Lipinski definition) is 5. The van der Waals surface area contributed by atoms with Crippen LogP contribution in [-0.4, -0.2) is 48.0 Å². The van der Waals surface area contributed by atoms with E-state index in [1.54, 1.807) is 0 Å². The third-order valence-corrected chi connectivity index (χ3v) is 2.41. The highest BCUT2D eigenvalue weighted by Crippen LogP contribution is 2.13. The fourth-order valence-corrected chi connectivity index (χ4v) is 1.60. The summed E-state index contributed by atoms with van der Waals surface area (Å²) < 4.78 is 4.32. The van der Waals surface area contributed by atoms with Crippen LogP contribution in [0, 0.1) is 5.41 Å². The third-order valence-electron chi connectivity index (χ3n) is 2.41. The molecule has 6 N–H and O–H groups in total. The summed E-state index contributed by atoms with van der Waals surface area (Å²) in [6.45, 7) is 0.0997. The van der Waals surface area contributed by atoms with Gasteiger partial charge in [0, 0.05) is 6.54 Å². The number of rotatable bonds is 6. The van der Waals surface area contributed by atoms with Gasteiger partial charge in [0.05, 0.1) is 0 Å². The summed E-state index contributed by atoms with van der Waals surface area (Å²) in [6.07, 6.45) is -0.133. The van der Waals surface area contributed by atoms with E-state index >= 15 is 0 Å². The van der Waals surface area contributed by atoms with Gasteiger partial charge in [0.1, 0.15) is 12.6 Å². The molecule has 1 saturated heterocycles. The molecule has 9 nitrogen and oxygen atoms in total. The second kappa shape index (κ2) is 5.84. The number of carbonyl (C=O) groups excluding carboxylic acids is 3. The minimum Gasteiger partial charge on any atom is -0.375 e. The Balaban J connectivity index is 2.50. The number of nitrogens with two attached hydrogens (primary N) is 2. The Kier molecular flexibility index (Phi) is 4.46. The van der Waals surface area contributed by atoms with Gasteiger partial charge < -0.3 is 21.5 Å². The second-order valence-corrected chi connectivity index (χ2v) is 3.77. The Hall–Kier alpha value is -2.32. The lowest BCUT2D eigenvalue weighted by Crippen LogP contribution is -2.45. The van der Waals surface area contributed by atoms with Crippen molar-refractivity contribution in [3.05, 3.63) is 0 Å². The van der Waals surface area contributed by atoms with E-state index in [4.69, 9.17) is 16.9 Å². The summed E-state index contributed by atoms with van der Waals surface area (Å²) in [6, 6.07) is -0.891. The van der Waals surface area contributed by atoms with Crippen LogP contribution in [-0.2, 0) is 14.3 Å². The Morgan fingerprint density at radius 1 is 1.50 bits per heavy atom. The van der Waals surface area contributed by atoms with Crippen molar-refractivity contribution >= 4 is 23.9 Å². The van der Waals surface area contributed by atoms with Crippen molar-refractivity contribution in [1.29, 1.82) is 5.41 Å². The molecule has 0 bridgehead atoms. The minimum atomic E-state index is -0.891. The SMILES string of the molecule is N=C(N)NCCC[C@@H](C(N)=O)N1CC(=O)OC1=O. The first kappa shape index (κ1) is 13.7. The van der Waals surface area contributed by atoms with Gasteiger partial charge in [-0.2, -0.15) is 0 Å². The normalized spacial score (nSPS) is 16.3. The first-order chi connectivity index (χ1) is 8.41. The molecule has 9 heteroatoms. The highest BCUT2D eigenvalue weighted by atomic mass is 16.6. The molecule has 2 amide bonds. The molecule has 1 atom stereocenters. The fourth-order valence-electron chi connectivity index (χ4n) is 1.60. The monoisotopic (exact) mass is 257 g/mol. The van der Waals surface area contributed by atoms with Crippen molar-refractivity contribution in [2.75, 3.05) is 13.1 Å². The van der Waals surface area contributed by atoms with Crippen LogP contribution in [0.3, 0.4) is 0 Å². The van der Waals surface area contributed by atoms with Crippen LogP contribution < -0.4 is 16.8 Å². The lowest BCUT2D eigenvalue weighted by Gasteiger charge is -2.21. The highest BCUT2D eigenvalue weighted by molar-refractivity contribution is 5.96. The molecule has 0 saturated carbocycles. The van der Waals surface area contributed by atoms with E-state index in [-0.39, 0.29) is 18.9 Å². The molecular formula is C9H15N5O4. The summed E-state index contributed by atoms with van der Waals surface area (Å²) in [5.74, 6) is -1.58. The molecule has 0 unspecified atom stereocenters. The Labute approximate surface area is 103 Å². The molecule has 0 radical (unpaired) electrons. The maximum absolute atomic E-state index is 11.3. The van der Waals surface area contributed by atoms with Gasteiger partial charge in [0.2, 0.25) is 5.91 Å². The van der Waals surface area contributed by atoms with E-state index < -0.39 is 24.0 Å². The summed E-state index contributed by atoms with van der Waals surface area (Å²) in [5.41, 5.74) is 10.3. The number of primary amides is 1. The molecule has 100 valence electrons. The first-order valence-electron chi connectivity index (χ1n) is 5.30. The highest BCUT2D eigenvalue weighted by Gasteiger charge is 2.37. The van der Waals surface area contributed by atoms with Gasteiger partial charge in [-0.1, -0.05) is 0 Å². The Bertz CT molecular complexity index is 383. The maximum atomic E-state index is 11.3. The standard InChI is InChI=1S/C9H15N5O4/c10-7(16)5(2-1-3-13-8(11)12)14-4-6(15)18-9(14)17/h5H,1-4H2,(H2,10,16)(H4,11,12,13)/t5-/m0/s1. The van der Waals surface area contributed by atoms with Gasteiger partial charge in [-0.3, -0.25) is 15.1 Å². The van der Waals surface area contributed by atoms with Crippen LogP contribution in [0.5, 0.6) is 0 Å². The average molecular weight is 257 g/mol. The van der Waals surface area contributed by atoms with Crippen LogP contribution in [0.4, 0.5) is 4.79 Å². The number of guanidine groups is 1. The lowest BCUT2D eigenvalue weighted by atomic mass is 10.1. The summed E-state index contributed by atoms with van der Waals surface area (Å²) in [7, 11) is 0. The second-order valence-electron chi connectivity index (χ2n) is 3.77. The smallest absolute Gasteiger partial charge is 0.375 e. The quantitative estimate of drug-likeness (QED) is 0.143. The molecule has 0 aromatic heterocycles. The van der Waals surface area contributed by atoms with Gasteiger partial charge in [-0.15, -0.1) is 0 Å². The molecular weight excluding hydrogens is 242 g/mol. The number of amides is 2. The van der Waals surface area contributed by atoms with Crippen molar-refractivity contribution in [2.45, 2.75) is 18.9 Å². The van der Waals surface area contributed by atoms with Gasteiger partial charge in [-0.25, -0.2) is 9.59 Å². The molecule has 18 heavy (non-hydrogen) atoms. The number of cyclic esters (lactones) is 2. The van der Waals surface area contributed by atoms with Crippen LogP contribution >= 0.6 is 0 Å².